The van der Waals surface area contributed by atoms with Crippen molar-refractivity contribution in [2.75, 3.05) is 13.7 Å². The fourth-order valence-electron chi connectivity index (χ4n) is 2.82. The number of ether oxygens (including phenoxy) is 2. The molecule has 0 saturated heterocycles. The number of ketones is 1. The van der Waals surface area contributed by atoms with Crippen molar-refractivity contribution in [1.82, 2.24) is 0 Å². The number of hydrogen-bond donors (Lipinski definition) is 0. The van der Waals surface area contributed by atoms with Crippen LogP contribution in [0.5, 0.6) is 5.75 Å². The van der Waals surface area contributed by atoms with Crippen LogP contribution in [-0.4, -0.2) is 25.5 Å². The van der Waals surface area contributed by atoms with E-state index in [4.69, 9.17) is 9.47 Å². The van der Waals surface area contributed by atoms with E-state index in [1.165, 1.54) is 7.11 Å². The molecule has 1 aromatic rings. The first-order chi connectivity index (χ1) is 9.58. The average molecular weight is 276 g/mol. The number of carbonyl (C=O) groups is 2. The van der Waals surface area contributed by atoms with Crippen LogP contribution >= 0.6 is 0 Å². The maximum atomic E-state index is 12.2. The first-order valence-electron chi connectivity index (χ1n) is 6.98. The third-order valence-corrected chi connectivity index (χ3v) is 4.20. The minimum atomic E-state index is -0.673. The van der Waals surface area contributed by atoms with Gasteiger partial charge in [-0.25, -0.2) is 0 Å². The van der Waals surface area contributed by atoms with Crippen molar-refractivity contribution in [2.24, 2.45) is 0 Å². The lowest BCUT2D eigenvalue weighted by Gasteiger charge is -2.30. The van der Waals surface area contributed by atoms with Crippen LogP contribution in [0.15, 0.2) is 18.2 Å². The molecule has 0 atom stereocenters. The summed E-state index contributed by atoms with van der Waals surface area (Å²) in [4.78, 5) is 24.0. The second kappa shape index (κ2) is 5.65. The molecule has 1 heterocycles. The van der Waals surface area contributed by atoms with Crippen molar-refractivity contribution < 1.29 is 19.1 Å². The fourth-order valence-corrected chi connectivity index (χ4v) is 2.82. The number of Topliss-reactive ketones (excluding diaryl/α,β-unsaturated/α-hetero) is 1. The number of carbonyl (C=O) groups excluding carboxylic acids is 2. The smallest absolute Gasteiger partial charge is 0.316 e. The molecule has 0 amide bonds. The minimum Gasteiger partial charge on any atom is -0.492 e. The van der Waals surface area contributed by atoms with Crippen molar-refractivity contribution >= 4 is 11.8 Å². The molecule has 1 aliphatic heterocycles. The molecule has 1 aromatic carbocycles. The summed E-state index contributed by atoms with van der Waals surface area (Å²) < 4.78 is 10.5. The molecule has 0 saturated carbocycles. The van der Waals surface area contributed by atoms with E-state index in [1.54, 1.807) is 6.07 Å². The van der Waals surface area contributed by atoms with E-state index < -0.39 is 5.41 Å². The van der Waals surface area contributed by atoms with Gasteiger partial charge in [0.15, 0.2) is 5.78 Å². The summed E-state index contributed by atoms with van der Waals surface area (Å²) in [6.45, 7) is 4.33. The summed E-state index contributed by atoms with van der Waals surface area (Å²) in [5, 5.41) is 0. The Hall–Kier alpha value is -1.84. The topological polar surface area (TPSA) is 52.6 Å². The highest BCUT2D eigenvalue weighted by Crippen LogP contribution is 2.37. The van der Waals surface area contributed by atoms with Crippen molar-refractivity contribution in [3.63, 3.8) is 0 Å². The number of benzene rings is 1. The van der Waals surface area contributed by atoms with E-state index >= 15 is 0 Å². The molecule has 0 radical (unpaired) electrons. The number of fused-ring (bicyclic) bond motifs is 1. The first kappa shape index (κ1) is 14.6. The van der Waals surface area contributed by atoms with Crippen LogP contribution in [-0.2, 0) is 14.9 Å². The number of rotatable bonds is 4. The van der Waals surface area contributed by atoms with Gasteiger partial charge in [0.2, 0.25) is 0 Å². The normalized spacial score (nSPS) is 14.4. The summed E-state index contributed by atoms with van der Waals surface area (Å²) in [5.74, 6) is 0.424. The Bertz CT molecular complexity index is 529. The van der Waals surface area contributed by atoms with Gasteiger partial charge in [-0.05, 0) is 30.5 Å². The molecular formula is C16H20O4. The zero-order valence-electron chi connectivity index (χ0n) is 12.2. The van der Waals surface area contributed by atoms with Crippen LogP contribution in [0.4, 0.5) is 0 Å². The van der Waals surface area contributed by atoms with E-state index in [2.05, 4.69) is 0 Å². The Labute approximate surface area is 119 Å². The van der Waals surface area contributed by atoms with Crippen LogP contribution < -0.4 is 4.74 Å². The molecule has 0 aromatic heterocycles. The second-order valence-electron chi connectivity index (χ2n) is 5.01. The standard InChI is InChI=1S/C16H20O4/c1-4-16(5-2,15(18)19-3)11-6-7-12-13(17)8-9-20-14(12)10-11/h6-7,10H,4-5,8-9H2,1-3H3. The summed E-state index contributed by atoms with van der Waals surface area (Å²) in [7, 11) is 1.40. The molecule has 0 bridgehead atoms. The van der Waals surface area contributed by atoms with E-state index in [9.17, 15) is 9.59 Å². The van der Waals surface area contributed by atoms with Crippen LogP contribution in [0.1, 0.15) is 49.0 Å². The van der Waals surface area contributed by atoms with Crippen molar-refractivity contribution in [3.8, 4) is 5.75 Å². The van der Waals surface area contributed by atoms with Gasteiger partial charge in [-0.3, -0.25) is 9.59 Å². The maximum absolute atomic E-state index is 12.2. The third kappa shape index (κ3) is 2.19. The zero-order chi connectivity index (χ0) is 14.8. The molecule has 1 aliphatic rings. The Kier molecular flexibility index (Phi) is 4.12. The van der Waals surface area contributed by atoms with Crippen LogP contribution in [0.25, 0.3) is 0 Å². The van der Waals surface area contributed by atoms with Crippen molar-refractivity contribution in [1.29, 1.82) is 0 Å². The fraction of sp³-hybridized carbons (Fsp3) is 0.500. The van der Waals surface area contributed by atoms with Gasteiger partial charge in [0.25, 0.3) is 0 Å². The molecule has 0 spiro atoms. The largest absolute Gasteiger partial charge is 0.492 e. The van der Waals surface area contributed by atoms with Gasteiger partial charge in [0, 0.05) is 6.42 Å². The summed E-state index contributed by atoms with van der Waals surface area (Å²) >= 11 is 0. The van der Waals surface area contributed by atoms with Crippen LogP contribution in [0, 0.1) is 0 Å². The van der Waals surface area contributed by atoms with E-state index in [0.717, 1.165) is 5.56 Å². The van der Waals surface area contributed by atoms with Gasteiger partial charge in [-0.2, -0.15) is 0 Å². The molecule has 2 rings (SSSR count). The Morgan fingerprint density at radius 2 is 2.05 bits per heavy atom. The second-order valence-corrected chi connectivity index (χ2v) is 5.01. The highest BCUT2D eigenvalue weighted by Gasteiger charge is 2.38. The number of esters is 1. The van der Waals surface area contributed by atoms with Gasteiger partial charge < -0.3 is 9.47 Å². The lowest BCUT2D eigenvalue weighted by Crippen LogP contribution is -2.36. The summed E-state index contributed by atoms with van der Waals surface area (Å²) in [5.41, 5.74) is 0.780. The molecule has 108 valence electrons. The Balaban J connectivity index is 2.50. The quantitative estimate of drug-likeness (QED) is 0.793. The van der Waals surface area contributed by atoms with Gasteiger partial charge in [-0.1, -0.05) is 19.9 Å². The molecule has 0 fully saturated rings. The van der Waals surface area contributed by atoms with Crippen LogP contribution in [0.2, 0.25) is 0 Å². The lowest BCUT2D eigenvalue weighted by molar-refractivity contribution is -0.148. The molecule has 20 heavy (non-hydrogen) atoms. The Morgan fingerprint density at radius 1 is 1.35 bits per heavy atom. The maximum Gasteiger partial charge on any atom is 0.316 e. The lowest BCUT2D eigenvalue weighted by atomic mass is 9.75. The van der Waals surface area contributed by atoms with E-state index in [1.807, 2.05) is 26.0 Å². The molecular weight excluding hydrogens is 256 g/mol. The third-order valence-electron chi connectivity index (χ3n) is 4.20. The monoisotopic (exact) mass is 276 g/mol. The first-order valence-corrected chi connectivity index (χ1v) is 6.98. The summed E-state index contributed by atoms with van der Waals surface area (Å²) in [6, 6.07) is 5.42. The van der Waals surface area contributed by atoms with E-state index in [-0.39, 0.29) is 11.8 Å². The average Bonchev–Trinajstić information content (AvgIpc) is 2.49. The molecule has 0 unspecified atom stereocenters. The van der Waals surface area contributed by atoms with Gasteiger partial charge in [0.1, 0.15) is 5.75 Å². The van der Waals surface area contributed by atoms with Gasteiger partial charge in [-0.15, -0.1) is 0 Å². The predicted octanol–water partition coefficient (Wildman–Crippen LogP) is 2.88. The molecule has 0 aliphatic carbocycles. The SMILES string of the molecule is CCC(CC)(C(=O)OC)c1ccc2c(c1)OCCC2=O. The molecule has 4 nitrogen and oxygen atoms in total. The van der Waals surface area contributed by atoms with Crippen molar-refractivity contribution in [3.05, 3.63) is 29.3 Å². The highest BCUT2D eigenvalue weighted by atomic mass is 16.5. The van der Waals surface area contributed by atoms with Gasteiger partial charge in [0.05, 0.1) is 24.7 Å². The van der Waals surface area contributed by atoms with Gasteiger partial charge >= 0.3 is 5.97 Å². The molecule has 4 heteroatoms. The van der Waals surface area contributed by atoms with Crippen LogP contribution in [0.3, 0.4) is 0 Å². The zero-order valence-corrected chi connectivity index (χ0v) is 12.2. The highest BCUT2D eigenvalue weighted by molar-refractivity contribution is 6.00. The number of methoxy groups -OCH3 is 1. The van der Waals surface area contributed by atoms with Crippen molar-refractivity contribution in [2.45, 2.75) is 38.5 Å². The molecule has 0 N–H and O–H groups in total. The Morgan fingerprint density at radius 3 is 2.65 bits per heavy atom. The van der Waals surface area contributed by atoms with E-state index in [0.29, 0.717) is 37.2 Å². The minimum absolute atomic E-state index is 0.0921. The number of hydrogen-bond acceptors (Lipinski definition) is 4. The summed E-state index contributed by atoms with van der Waals surface area (Å²) in [6.07, 6.45) is 1.70. The predicted molar refractivity (Wildman–Crippen MR) is 75.2 cm³/mol.